The lowest BCUT2D eigenvalue weighted by atomic mass is 10.0. The summed E-state index contributed by atoms with van der Waals surface area (Å²) in [4.78, 5) is 27.4. The molecule has 0 saturated heterocycles. The van der Waals surface area contributed by atoms with E-state index in [9.17, 15) is 22.8 Å². The number of amides is 2. The molecule has 8 heteroatoms. The highest BCUT2D eigenvalue weighted by molar-refractivity contribution is 8.04. The Morgan fingerprint density at radius 2 is 1.66 bits per heavy atom. The van der Waals surface area contributed by atoms with Crippen molar-refractivity contribution in [3.63, 3.8) is 0 Å². The van der Waals surface area contributed by atoms with E-state index in [0.29, 0.717) is 5.56 Å². The van der Waals surface area contributed by atoms with Crippen LogP contribution in [0, 0.1) is 6.92 Å². The predicted octanol–water partition coefficient (Wildman–Crippen LogP) is 5.32. The van der Waals surface area contributed by atoms with E-state index in [-0.39, 0.29) is 21.4 Å². The number of carbonyl (C=O) groups excluding carboxylic acids is 2. The third-order valence-corrected chi connectivity index (χ3v) is 5.13. The summed E-state index contributed by atoms with van der Waals surface area (Å²) in [6.45, 7) is 5.69. The fourth-order valence-electron chi connectivity index (χ4n) is 2.88. The molecule has 0 saturated carbocycles. The zero-order chi connectivity index (χ0) is 21.3. The molecule has 2 aromatic rings. The maximum Gasteiger partial charge on any atom is 0.573 e. The first kappa shape index (κ1) is 21.0. The highest BCUT2D eigenvalue weighted by Gasteiger charge is 2.41. The van der Waals surface area contributed by atoms with Crippen LogP contribution in [0.4, 0.5) is 18.9 Å². The Bertz CT molecular complexity index is 981. The molecule has 0 N–H and O–H groups in total. The van der Waals surface area contributed by atoms with Gasteiger partial charge in [0.25, 0.3) is 11.8 Å². The molecule has 0 radical (unpaired) electrons. The van der Waals surface area contributed by atoms with Gasteiger partial charge in [0.15, 0.2) is 0 Å². The van der Waals surface area contributed by atoms with Crippen LogP contribution in [0.2, 0.25) is 0 Å². The van der Waals surface area contributed by atoms with Gasteiger partial charge in [-0.2, -0.15) is 0 Å². The molecular formula is C21H18F3NO3S. The zero-order valence-electron chi connectivity index (χ0n) is 15.9. The number of anilines is 1. The normalized spacial score (nSPS) is 14.9. The van der Waals surface area contributed by atoms with Crippen LogP contribution in [-0.2, 0) is 9.59 Å². The summed E-state index contributed by atoms with van der Waals surface area (Å²) >= 11 is 1.25. The number of benzene rings is 2. The molecule has 1 aliphatic rings. The Kier molecular flexibility index (Phi) is 5.75. The number of thioether (sulfide) groups is 1. The second-order valence-corrected chi connectivity index (χ2v) is 8.31. The minimum atomic E-state index is -4.87. The van der Waals surface area contributed by atoms with E-state index in [4.69, 9.17) is 0 Å². The molecular weight excluding hydrogens is 403 g/mol. The average molecular weight is 421 g/mol. The first-order valence-corrected chi connectivity index (χ1v) is 9.67. The van der Waals surface area contributed by atoms with E-state index < -0.39 is 23.9 Å². The van der Waals surface area contributed by atoms with Gasteiger partial charge in [0.1, 0.15) is 5.75 Å². The van der Waals surface area contributed by atoms with E-state index in [1.54, 1.807) is 12.1 Å². The number of nitrogens with zero attached hydrogens (tertiary/aromatic N) is 1. The second kappa shape index (κ2) is 7.94. The molecule has 29 heavy (non-hydrogen) atoms. The number of rotatable bonds is 5. The van der Waals surface area contributed by atoms with Gasteiger partial charge in [-0.1, -0.05) is 49.7 Å². The Balaban J connectivity index is 2.04. The van der Waals surface area contributed by atoms with Crippen LogP contribution < -0.4 is 9.64 Å². The summed E-state index contributed by atoms with van der Waals surface area (Å²) in [5, 5.41) is 0.0297. The number of ether oxygens (including phenoxy) is 1. The van der Waals surface area contributed by atoms with Crippen LogP contribution in [0.5, 0.6) is 5.75 Å². The van der Waals surface area contributed by atoms with E-state index >= 15 is 0 Å². The number of hydrogen-bond donors (Lipinski definition) is 0. The van der Waals surface area contributed by atoms with Crippen molar-refractivity contribution in [3.05, 3.63) is 64.6 Å². The molecule has 2 aromatic carbocycles. The quantitative estimate of drug-likeness (QED) is 0.613. The standard InChI is InChI=1S/C21H18F3NO3S/c1-12(2)29-18-17(14-9-7-13(3)8-10-14)19(26)25(20(18)27)15-5-4-6-16(11-15)28-21(22,23)24/h4-12H,1-3H3. The van der Waals surface area contributed by atoms with Crippen molar-refractivity contribution in [2.75, 3.05) is 4.90 Å². The van der Waals surface area contributed by atoms with E-state index in [2.05, 4.69) is 4.74 Å². The molecule has 4 nitrogen and oxygen atoms in total. The molecule has 0 unspecified atom stereocenters. The Morgan fingerprint density at radius 1 is 1.00 bits per heavy atom. The number of aryl methyl sites for hydroxylation is 1. The monoisotopic (exact) mass is 421 g/mol. The van der Waals surface area contributed by atoms with Crippen LogP contribution in [0.25, 0.3) is 5.57 Å². The van der Waals surface area contributed by atoms with Crippen LogP contribution in [0.15, 0.2) is 53.4 Å². The van der Waals surface area contributed by atoms with Gasteiger partial charge in [-0.3, -0.25) is 9.59 Å². The second-order valence-electron chi connectivity index (χ2n) is 6.73. The molecule has 0 aromatic heterocycles. The molecule has 152 valence electrons. The summed E-state index contributed by atoms with van der Waals surface area (Å²) in [5.41, 5.74) is 1.85. The fourth-order valence-corrected chi connectivity index (χ4v) is 3.87. The minimum Gasteiger partial charge on any atom is -0.406 e. The van der Waals surface area contributed by atoms with E-state index in [1.165, 1.54) is 23.9 Å². The summed E-state index contributed by atoms with van der Waals surface area (Å²) in [5.74, 6) is -1.64. The smallest absolute Gasteiger partial charge is 0.406 e. The topological polar surface area (TPSA) is 46.6 Å². The minimum absolute atomic E-state index is 0.0192. The average Bonchev–Trinajstić information content (AvgIpc) is 2.84. The van der Waals surface area contributed by atoms with Crippen molar-refractivity contribution < 1.29 is 27.5 Å². The van der Waals surface area contributed by atoms with Gasteiger partial charge in [0.2, 0.25) is 0 Å². The number of alkyl halides is 3. The maximum absolute atomic E-state index is 13.2. The molecule has 0 spiro atoms. The van der Waals surface area contributed by atoms with Crippen molar-refractivity contribution in [1.82, 2.24) is 0 Å². The van der Waals surface area contributed by atoms with E-state index in [0.717, 1.165) is 22.6 Å². The van der Waals surface area contributed by atoms with Crippen molar-refractivity contribution in [3.8, 4) is 5.75 Å². The summed E-state index contributed by atoms with van der Waals surface area (Å²) in [7, 11) is 0. The molecule has 3 rings (SSSR count). The first-order valence-electron chi connectivity index (χ1n) is 8.79. The number of halogens is 3. The van der Waals surface area contributed by atoms with Gasteiger partial charge < -0.3 is 4.74 Å². The lowest BCUT2D eigenvalue weighted by Gasteiger charge is -2.17. The zero-order valence-corrected chi connectivity index (χ0v) is 16.7. The van der Waals surface area contributed by atoms with Crippen molar-refractivity contribution in [1.29, 1.82) is 0 Å². The fraction of sp³-hybridized carbons (Fsp3) is 0.238. The van der Waals surface area contributed by atoms with Crippen molar-refractivity contribution >= 4 is 34.8 Å². The number of carbonyl (C=O) groups is 2. The van der Waals surface area contributed by atoms with Crippen molar-refractivity contribution in [2.24, 2.45) is 0 Å². The molecule has 0 atom stereocenters. The van der Waals surface area contributed by atoms with Gasteiger partial charge in [0.05, 0.1) is 16.2 Å². The maximum atomic E-state index is 13.2. The SMILES string of the molecule is Cc1ccc(C2=C(SC(C)C)C(=O)N(c3cccc(OC(F)(F)F)c3)C2=O)cc1. The van der Waals surface area contributed by atoms with Gasteiger partial charge in [-0.05, 0) is 24.6 Å². The third kappa shape index (κ3) is 4.64. The van der Waals surface area contributed by atoms with Gasteiger partial charge in [0, 0.05) is 11.3 Å². The molecule has 0 fully saturated rings. The Labute approximate surface area is 170 Å². The summed E-state index contributed by atoms with van der Waals surface area (Å²) in [6, 6.07) is 12.0. The van der Waals surface area contributed by atoms with Crippen LogP contribution in [-0.4, -0.2) is 23.4 Å². The molecule has 0 bridgehead atoms. The van der Waals surface area contributed by atoms with Gasteiger partial charge in [-0.15, -0.1) is 24.9 Å². The number of imide groups is 1. The molecule has 1 aliphatic heterocycles. The van der Waals surface area contributed by atoms with E-state index in [1.807, 2.05) is 32.9 Å². The lowest BCUT2D eigenvalue weighted by molar-refractivity contribution is -0.274. The van der Waals surface area contributed by atoms with Gasteiger partial charge in [-0.25, -0.2) is 4.90 Å². The predicted molar refractivity (Wildman–Crippen MR) is 106 cm³/mol. The highest BCUT2D eigenvalue weighted by Crippen LogP contribution is 2.40. The van der Waals surface area contributed by atoms with Gasteiger partial charge >= 0.3 is 6.36 Å². The largest absolute Gasteiger partial charge is 0.573 e. The van der Waals surface area contributed by atoms with Crippen molar-refractivity contribution in [2.45, 2.75) is 32.4 Å². The Morgan fingerprint density at radius 3 is 2.24 bits per heavy atom. The summed E-state index contributed by atoms with van der Waals surface area (Å²) in [6.07, 6.45) is -4.87. The van der Waals surface area contributed by atoms with Crippen LogP contribution >= 0.6 is 11.8 Å². The van der Waals surface area contributed by atoms with Crippen LogP contribution in [0.1, 0.15) is 25.0 Å². The third-order valence-electron chi connectivity index (χ3n) is 4.04. The van der Waals surface area contributed by atoms with Crippen LogP contribution in [0.3, 0.4) is 0 Å². The first-order chi connectivity index (χ1) is 13.6. The highest BCUT2D eigenvalue weighted by atomic mass is 32.2. The number of hydrogen-bond acceptors (Lipinski definition) is 4. The molecule has 0 aliphatic carbocycles. The summed E-state index contributed by atoms with van der Waals surface area (Å²) < 4.78 is 41.6. The molecule has 2 amide bonds. The Hall–Kier alpha value is -2.74. The molecule has 1 heterocycles. The lowest BCUT2D eigenvalue weighted by Crippen LogP contribution is -2.31.